The number of rotatable bonds is 9. The van der Waals surface area contributed by atoms with E-state index in [9.17, 15) is 0 Å². The van der Waals surface area contributed by atoms with Gasteiger partial charge < -0.3 is 9.73 Å². The Morgan fingerprint density at radius 3 is 2.79 bits per heavy atom. The predicted octanol–water partition coefficient (Wildman–Crippen LogP) is 3.27. The third-order valence-corrected chi connectivity index (χ3v) is 4.17. The first-order valence-electron chi connectivity index (χ1n) is 7.71. The maximum atomic E-state index is 5.51. The van der Waals surface area contributed by atoms with Crippen molar-refractivity contribution in [2.45, 2.75) is 58.7 Å². The van der Waals surface area contributed by atoms with E-state index in [-0.39, 0.29) is 0 Å². The first-order chi connectivity index (χ1) is 9.22. The van der Waals surface area contributed by atoms with Crippen LogP contribution in [0.25, 0.3) is 0 Å². The minimum Gasteiger partial charge on any atom is -0.468 e. The summed E-state index contributed by atoms with van der Waals surface area (Å²) >= 11 is 0. The van der Waals surface area contributed by atoms with Gasteiger partial charge >= 0.3 is 0 Å². The highest BCUT2D eigenvalue weighted by molar-refractivity contribution is 5.01. The average Bonchev–Trinajstić information content (AvgIpc) is 3.12. The van der Waals surface area contributed by atoms with Gasteiger partial charge in [-0.1, -0.05) is 13.8 Å². The lowest BCUT2D eigenvalue weighted by atomic mass is 10.0. The summed E-state index contributed by atoms with van der Waals surface area (Å²) in [6.07, 6.45) is 5.68. The topological polar surface area (TPSA) is 28.4 Å². The van der Waals surface area contributed by atoms with Gasteiger partial charge in [-0.05, 0) is 57.3 Å². The predicted molar refractivity (Wildman–Crippen MR) is 79.1 cm³/mol. The van der Waals surface area contributed by atoms with E-state index in [4.69, 9.17) is 4.42 Å². The first-order valence-corrected chi connectivity index (χ1v) is 7.71. The van der Waals surface area contributed by atoms with Crippen molar-refractivity contribution in [2.24, 2.45) is 5.92 Å². The van der Waals surface area contributed by atoms with Gasteiger partial charge in [-0.15, -0.1) is 0 Å². The van der Waals surface area contributed by atoms with Gasteiger partial charge in [0, 0.05) is 12.1 Å². The lowest BCUT2D eigenvalue weighted by molar-refractivity contribution is 0.132. The molecule has 0 aliphatic heterocycles. The molecule has 0 saturated heterocycles. The second-order valence-corrected chi connectivity index (χ2v) is 5.90. The van der Waals surface area contributed by atoms with E-state index in [0.717, 1.165) is 31.4 Å². The van der Waals surface area contributed by atoms with Crippen molar-refractivity contribution in [1.29, 1.82) is 0 Å². The largest absolute Gasteiger partial charge is 0.468 e. The van der Waals surface area contributed by atoms with E-state index >= 15 is 0 Å². The van der Waals surface area contributed by atoms with Crippen LogP contribution in [-0.2, 0) is 6.54 Å². The van der Waals surface area contributed by atoms with Crippen LogP contribution in [0.1, 0.15) is 45.8 Å². The normalized spacial score (nSPS) is 18.7. The third kappa shape index (κ3) is 4.36. The van der Waals surface area contributed by atoms with Gasteiger partial charge in [-0.25, -0.2) is 0 Å². The van der Waals surface area contributed by atoms with E-state index < -0.39 is 0 Å². The second-order valence-electron chi connectivity index (χ2n) is 5.90. The Bertz CT molecular complexity index is 346. The van der Waals surface area contributed by atoms with Crippen LogP contribution in [0, 0.1) is 5.92 Å². The molecule has 1 aromatic rings. The molecule has 0 aromatic carbocycles. The molecule has 1 aromatic heterocycles. The number of nitrogens with zero attached hydrogens (tertiary/aromatic N) is 1. The molecule has 1 fully saturated rings. The van der Waals surface area contributed by atoms with E-state index in [1.807, 2.05) is 6.07 Å². The van der Waals surface area contributed by atoms with Gasteiger partial charge in [-0.2, -0.15) is 0 Å². The zero-order valence-electron chi connectivity index (χ0n) is 12.6. The van der Waals surface area contributed by atoms with Gasteiger partial charge in [0.25, 0.3) is 0 Å². The fraction of sp³-hybridized carbons (Fsp3) is 0.750. The third-order valence-electron chi connectivity index (χ3n) is 4.17. The Morgan fingerprint density at radius 2 is 2.21 bits per heavy atom. The highest BCUT2D eigenvalue weighted by atomic mass is 16.3. The first kappa shape index (κ1) is 14.6. The van der Waals surface area contributed by atoms with Gasteiger partial charge in [-0.3, -0.25) is 4.90 Å². The van der Waals surface area contributed by atoms with Crippen molar-refractivity contribution in [3.8, 4) is 0 Å². The summed E-state index contributed by atoms with van der Waals surface area (Å²) in [5.74, 6) is 1.76. The Labute approximate surface area is 117 Å². The number of hydrogen-bond donors (Lipinski definition) is 1. The van der Waals surface area contributed by atoms with Crippen molar-refractivity contribution in [2.75, 3.05) is 13.1 Å². The van der Waals surface area contributed by atoms with Crippen LogP contribution in [0.2, 0.25) is 0 Å². The molecule has 1 N–H and O–H groups in total. The molecule has 3 heteroatoms. The fourth-order valence-electron chi connectivity index (χ4n) is 2.60. The van der Waals surface area contributed by atoms with Crippen molar-refractivity contribution in [1.82, 2.24) is 10.2 Å². The van der Waals surface area contributed by atoms with E-state index in [2.05, 4.69) is 37.1 Å². The van der Waals surface area contributed by atoms with E-state index in [0.29, 0.717) is 12.0 Å². The van der Waals surface area contributed by atoms with Crippen molar-refractivity contribution >= 4 is 0 Å². The number of furan rings is 1. The maximum absolute atomic E-state index is 5.51. The highest BCUT2D eigenvalue weighted by Crippen LogP contribution is 2.32. The lowest BCUT2D eigenvalue weighted by Gasteiger charge is -2.33. The van der Waals surface area contributed by atoms with Crippen molar-refractivity contribution in [3.05, 3.63) is 24.2 Å². The van der Waals surface area contributed by atoms with Crippen molar-refractivity contribution in [3.63, 3.8) is 0 Å². The van der Waals surface area contributed by atoms with Gasteiger partial charge in [0.1, 0.15) is 5.76 Å². The van der Waals surface area contributed by atoms with Crippen molar-refractivity contribution < 1.29 is 4.42 Å². The summed E-state index contributed by atoms with van der Waals surface area (Å²) in [6.45, 7) is 10.1. The molecular weight excluding hydrogens is 236 g/mol. The van der Waals surface area contributed by atoms with Crippen LogP contribution in [0.4, 0.5) is 0 Å². The Balaban J connectivity index is 1.86. The van der Waals surface area contributed by atoms with Crippen LogP contribution in [0.3, 0.4) is 0 Å². The molecule has 2 rings (SSSR count). The number of hydrogen-bond acceptors (Lipinski definition) is 3. The molecule has 19 heavy (non-hydrogen) atoms. The lowest BCUT2D eigenvalue weighted by Crippen LogP contribution is -2.42. The molecule has 1 aliphatic carbocycles. The molecule has 0 spiro atoms. The summed E-state index contributed by atoms with van der Waals surface area (Å²) in [4.78, 5) is 2.62. The Morgan fingerprint density at radius 1 is 1.42 bits per heavy atom. The molecule has 0 radical (unpaired) electrons. The van der Waals surface area contributed by atoms with Gasteiger partial charge in [0.15, 0.2) is 0 Å². The van der Waals surface area contributed by atoms with Crippen LogP contribution in [0.5, 0.6) is 0 Å². The zero-order chi connectivity index (χ0) is 13.7. The average molecular weight is 264 g/mol. The molecule has 1 heterocycles. The van der Waals surface area contributed by atoms with E-state index in [1.165, 1.54) is 19.3 Å². The highest BCUT2D eigenvalue weighted by Gasteiger charge is 2.34. The Kier molecular flexibility index (Phi) is 5.46. The van der Waals surface area contributed by atoms with Crippen LogP contribution < -0.4 is 5.32 Å². The second kappa shape index (κ2) is 7.11. The molecule has 0 amide bonds. The van der Waals surface area contributed by atoms with Crippen LogP contribution >= 0.6 is 0 Å². The summed E-state index contributed by atoms with van der Waals surface area (Å²) in [6, 6.07) is 5.44. The smallest absolute Gasteiger partial charge is 0.117 e. The quantitative estimate of drug-likeness (QED) is 0.694. The molecule has 2 unspecified atom stereocenters. The molecule has 1 aliphatic rings. The summed E-state index contributed by atoms with van der Waals surface area (Å²) in [5, 5.41) is 3.54. The molecule has 1 saturated carbocycles. The molecule has 3 nitrogen and oxygen atoms in total. The molecule has 108 valence electrons. The zero-order valence-corrected chi connectivity index (χ0v) is 12.6. The minimum absolute atomic E-state index is 0.599. The van der Waals surface area contributed by atoms with Crippen LogP contribution in [-0.4, -0.2) is 30.1 Å². The summed E-state index contributed by atoms with van der Waals surface area (Å²) in [5.41, 5.74) is 0. The molecular formula is C16H28N2O. The summed E-state index contributed by atoms with van der Waals surface area (Å²) < 4.78 is 5.51. The van der Waals surface area contributed by atoms with Crippen LogP contribution in [0.15, 0.2) is 22.8 Å². The van der Waals surface area contributed by atoms with Gasteiger partial charge in [0.2, 0.25) is 0 Å². The van der Waals surface area contributed by atoms with Gasteiger partial charge in [0.05, 0.1) is 12.8 Å². The standard InChI is InChI=1S/C16H28N2O/c1-4-9-17-11-13(2)14(3)18(15-7-8-15)12-16-6-5-10-19-16/h5-6,10,13-15,17H,4,7-9,11-12H2,1-3H3. The maximum Gasteiger partial charge on any atom is 0.117 e. The van der Waals surface area contributed by atoms with E-state index in [1.54, 1.807) is 6.26 Å². The SMILES string of the molecule is CCCNCC(C)C(C)N(Cc1ccco1)C1CC1. The monoisotopic (exact) mass is 264 g/mol. The summed E-state index contributed by atoms with van der Waals surface area (Å²) in [7, 11) is 0. The minimum atomic E-state index is 0.599. The fourth-order valence-corrected chi connectivity index (χ4v) is 2.60. The molecule has 0 bridgehead atoms. The number of nitrogens with one attached hydrogen (secondary N) is 1. The molecule has 2 atom stereocenters. The Hall–Kier alpha value is -0.800.